The highest BCUT2D eigenvalue weighted by Gasteiger charge is 2.21. The van der Waals surface area contributed by atoms with Gasteiger partial charge in [-0.05, 0) is 37.1 Å². The maximum Gasteiger partial charge on any atom is 0.254 e. The standard InChI is InChI=1S/C22H21BrN2O/c23-17-10-11-20-18(14-17)19(22(26)25-12-6-1-2-7-13-25)15-21(24-20)16-8-4-3-5-9-16/h3-5,8-11,14-15H,1-2,6-7,12-13H2. The van der Waals surface area contributed by atoms with E-state index in [-0.39, 0.29) is 5.91 Å². The number of hydrogen-bond donors (Lipinski definition) is 0. The zero-order valence-corrected chi connectivity index (χ0v) is 16.2. The SMILES string of the molecule is O=C(c1cc(-c2ccccc2)nc2ccc(Br)cc12)N1CCCCCC1. The van der Waals surface area contributed by atoms with Crippen molar-refractivity contribution in [3.05, 3.63) is 64.6 Å². The predicted octanol–water partition coefficient (Wildman–Crippen LogP) is 5.68. The molecule has 2 aromatic carbocycles. The Morgan fingerprint density at radius 1 is 0.923 bits per heavy atom. The van der Waals surface area contributed by atoms with Crippen LogP contribution in [-0.2, 0) is 0 Å². The third-order valence-electron chi connectivity index (χ3n) is 4.96. The molecule has 4 heteroatoms. The number of carbonyl (C=O) groups excluding carboxylic acids is 1. The molecule has 0 aliphatic carbocycles. The van der Waals surface area contributed by atoms with Crippen molar-refractivity contribution in [1.29, 1.82) is 0 Å². The summed E-state index contributed by atoms with van der Waals surface area (Å²) in [6, 6.07) is 18.0. The molecule has 0 spiro atoms. The van der Waals surface area contributed by atoms with E-state index in [1.54, 1.807) is 0 Å². The molecular weight excluding hydrogens is 388 g/mol. The zero-order chi connectivity index (χ0) is 17.9. The number of benzene rings is 2. The Balaban J connectivity index is 1.85. The average Bonchev–Trinajstić information content (AvgIpc) is 2.97. The fourth-order valence-corrected chi connectivity index (χ4v) is 3.94. The Kier molecular flexibility index (Phi) is 5.02. The number of carbonyl (C=O) groups is 1. The van der Waals surface area contributed by atoms with Crippen molar-refractivity contribution in [2.75, 3.05) is 13.1 Å². The van der Waals surface area contributed by atoms with Crippen molar-refractivity contribution in [2.24, 2.45) is 0 Å². The maximum atomic E-state index is 13.3. The van der Waals surface area contributed by atoms with Crippen molar-refractivity contribution in [1.82, 2.24) is 9.88 Å². The molecule has 0 radical (unpaired) electrons. The van der Waals surface area contributed by atoms with E-state index in [0.717, 1.165) is 58.1 Å². The summed E-state index contributed by atoms with van der Waals surface area (Å²) < 4.78 is 0.962. The molecule has 0 atom stereocenters. The molecule has 1 saturated heterocycles. The van der Waals surface area contributed by atoms with Crippen molar-refractivity contribution >= 4 is 32.7 Å². The van der Waals surface area contributed by atoms with Crippen LogP contribution in [0.15, 0.2) is 59.1 Å². The van der Waals surface area contributed by atoms with Crippen molar-refractivity contribution < 1.29 is 4.79 Å². The Morgan fingerprint density at radius 3 is 2.38 bits per heavy atom. The first-order valence-corrected chi connectivity index (χ1v) is 9.97. The van der Waals surface area contributed by atoms with Crippen LogP contribution in [0.2, 0.25) is 0 Å². The van der Waals surface area contributed by atoms with E-state index >= 15 is 0 Å². The second-order valence-corrected chi connectivity index (χ2v) is 7.70. The molecule has 1 amide bonds. The van der Waals surface area contributed by atoms with Crippen LogP contribution < -0.4 is 0 Å². The van der Waals surface area contributed by atoms with Gasteiger partial charge in [-0.25, -0.2) is 4.98 Å². The summed E-state index contributed by atoms with van der Waals surface area (Å²) in [5, 5.41) is 0.910. The van der Waals surface area contributed by atoms with E-state index in [4.69, 9.17) is 4.98 Å². The van der Waals surface area contributed by atoms with Gasteiger partial charge in [0.25, 0.3) is 5.91 Å². The third-order valence-corrected chi connectivity index (χ3v) is 5.46. The van der Waals surface area contributed by atoms with Crippen LogP contribution in [0.5, 0.6) is 0 Å². The summed E-state index contributed by atoms with van der Waals surface area (Å²) in [4.78, 5) is 20.2. The van der Waals surface area contributed by atoms with Crippen LogP contribution in [0.4, 0.5) is 0 Å². The smallest absolute Gasteiger partial charge is 0.254 e. The van der Waals surface area contributed by atoms with E-state index in [2.05, 4.69) is 15.9 Å². The Morgan fingerprint density at radius 2 is 1.65 bits per heavy atom. The number of fused-ring (bicyclic) bond motifs is 1. The molecule has 26 heavy (non-hydrogen) atoms. The molecule has 1 aromatic heterocycles. The van der Waals surface area contributed by atoms with Gasteiger partial charge in [-0.3, -0.25) is 4.79 Å². The highest BCUT2D eigenvalue weighted by molar-refractivity contribution is 9.10. The first-order chi connectivity index (χ1) is 12.7. The molecule has 4 rings (SSSR count). The van der Waals surface area contributed by atoms with Crippen molar-refractivity contribution in [3.63, 3.8) is 0 Å². The second kappa shape index (κ2) is 7.58. The highest BCUT2D eigenvalue weighted by Crippen LogP contribution is 2.28. The third kappa shape index (κ3) is 3.51. The van der Waals surface area contributed by atoms with Gasteiger partial charge in [0.15, 0.2) is 0 Å². The predicted molar refractivity (Wildman–Crippen MR) is 109 cm³/mol. The molecule has 0 N–H and O–H groups in total. The first kappa shape index (κ1) is 17.2. The summed E-state index contributed by atoms with van der Waals surface area (Å²) in [7, 11) is 0. The fraction of sp³-hybridized carbons (Fsp3) is 0.273. The molecule has 0 saturated carbocycles. The fourth-order valence-electron chi connectivity index (χ4n) is 3.58. The lowest BCUT2D eigenvalue weighted by atomic mass is 10.0. The number of hydrogen-bond acceptors (Lipinski definition) is 2. The minimum atomic E-state index is 0.120. The maximum absolute atomic E-state index is 13.3. The van der Waals surface area contributed by atoms with E-state index < -0.39 is 0 Å². The van der Waals surface area contributed by atoms with E-state index in [1.165, 1.54) is 12.8 Å². The summed E-state index contributed by atoms with van der Waals surface area (Å²) >= 11 is 3.53. The Labute approximate surface area is 162 Å². The van der Waals surface area contributed by atoms with Crippen molar-refractivity contribution in [3.8, 4) is 11.3 Å². The number of nitrogens with zero attached hydrogens (tertiary/aromatic N) is 2. The van der Waals surface area contributed by atoms with Crippen LogP contribution in [0, 0.1) is 0 Å². The normalized spacial score (nSPS) is 15.0. The molecule has 0 unspecified atom stereocenters. The molecule has 0 bridgehead atoms. The molecule has 132 valence electrons. The Bertz CT molecular complexity index is 932. The number of rotatable bonds is 2. The Hall–Kier alpha value is -2.20. The van der Waals surface area contributed by atoms with Gasteiger partial charge in [-0.15, -0.1) is 0 Å². The van der Waals surface area contributed by atoms with Crippen LogP contribution in [0.1, 0.15) is 36.0 Å². The van der Waals surface area contributed by atoms with Crippen molar-refractivity contribution in [2.45, 2.75) is 25.7 Å². The van der Waals surface area contributed by atoms with E-state index in [1.807, 2.05) is 59.5 Å². The molecule has 1 aliphatic rings. The summed E-state index contributed by atoms with van der Waals surface area (Å²) in [5.74, 6) is 0.120. The highest BCUT2D eigenvalue weighted by atomic mass is 79.9. The molecule has 1 aliphatic heterocycles. The lowest BCUT2D eigenvalue weighted by molar-refractivity contribution is 0.0763. The van der Waals surface area contributed by atoms with Gasteiger partial charge < -0.3 is 4.90 Å². The molecule has 3 aromatic rings. The number of amides is 1. The summed E-state index contributed by atoms with van der Waals surface area (Å²) in [5.41, 5.74) is 3.48. The minimum Gasteiger partial charge on any atom is -0.339 e. The quantitative estimate of drug-likeness (QED) is 0.546. The van der Waals surface area contributed by atoms with Gasteiger partial charge >= 0.3 is 0 Å². The van der Waals surface area contributed by atoms with Crippen LogP contribution in [0.3, 0.4) is 0 Å². The average molecular weight is 409 g/mol. The lowest BCUT2D eigenvalue weighted by Crippen LogP contribution is -2.32. The van der Waals surface area contributed by atoms with Crippen LogP contribution in [0.25, 0.3) is 22.2 Å². The number of halogens is 1. The molecular formula is C22H21BrN2O. The summed E-state index contributed by atoms with van der Waals surface area (Å²) in [6.07, 6.45) is 4.59. The largest absolute Gasteiger partial charge is 0.339 e. The van der Waals surface area contributed by atoms with Gasteiger partial charge in [0.2, 0.25) is 0 Å². The van der Waals surface area contributed by atoms with Gasteiger partial charge in [0, 0.05) is 28.5 Å². The van der Waals surface area contributed by atoms with E-state index in [0.29, 0.717) is 0 Å². The lowest BCUT2D eigenvalue weighted by Gasteiger charge is -2.21. The minimum absolute atomic E-state index is 0.120. The van der Waals surface area contributed by atoms with Crippen LogP contribution in [-0.4, -0.2) is 28.9 Å². The number of likely N-dealkylation sites (tertiary alicyclic amines) is 1. The summed E-state index contributed by atoms with van der Waals surface area (Å²) in [6.45, 7) is 1.69. The monoisotopic (exact) mass is 408 g/mol. The van der Waals surface area contributed by atoms with E-state index in [9.17, 15) is 4.79 Å². The second-order valence-electron chi connectivity index (χ2n) is 6.79. The van der Waals surface area contributed by atoms with Crippen LogP contribution >= 0.6 is 15.9 Å². The van der Waals surface area contributed by atoms with Gasteiger partial charge in [-0.2, -0.15) is 0 Å². The molecule has 1 fully saturated rings. The topological polar surface area (TPSA) is 33.2 Å². The number of aromatic nitrogens is 1. The van der Waals surface area contributed by atoms with Gasteiger partial charge in [0.1, 0.15) is 0 Å². The zero-order valence-electron chi connectivity index (χ0n) is 14.6. The van der Waals surface area contributed by atoms with Gasteiger partial charge in [-0.1, -0.05) is 59.1 Å². The molecule has 3 nitrogen and oxygen atoms in total. The number of pyridine rings is 1. The first-order valence-electron chi connectivity index (χ1n) is 9.17. The van der Waals surface area contributed by atoms with Gasteiger partial charge in [0.05, 0.1) is 16.8 Å². The molecule has 2 heterocycles.